The number of benzene rings is 1. The lowest BCUT2D eigenvalue weighted by molar-refractivity contribution is 0.611. The van der Waals surface area contributed by atoms with E-state index in [0.29, 0.717) is 13.1 Å². The van der Waals surface area contributed by atoms with Crippen LogP contribution in [-0.2, 0) is 20.1 Å². The van der Waals surface area contributed by atoms with Crippen LogP contribution in [-0.4, -0.2) is 14.8 Å². The SMILES string of the molecule is Cn1ncnc1N1Cc2cccc(F)c2C1. The van der Waals surface area contributed by atoms with Gasteiger partial charge in [-0.15, -0.1) is 0 Å². The molecule has 3 rings (SSSR count). The molecule has 2 heterocycles. The van der Waals surface area contributed by atoms with Gasteiger partial charge in [-0.25, -0.2) is 9.07 Å². The van der Waals surface area contributed by atoms with E-state index in [1.165, 1.54) is 12.4 Å². The van der Waals surface area contributed by atoms with Crippen LogP contribution in [0.1, 0.15) is 11.1 Å². The molecule has 1 aromatic heterocycles. The van der Waals surface area contributed by atoms with E-state index >= 15 is 0 Å². The summed E-state index contributed by atoms with van der Waals surface area (Å²) >= 11 is 0. The van der Waals surface area contributed by atoms with E-state index in [1.54, 1.807) is 10.7 Å². The normalized spacial score (nSPS) is 14.2. The second-order valence-electron chi connectivity index (χ2n) is 3.92. The third-order valence-corrected chi connectivity index (χ3v) is 2.90. The van der Waals surface area contributed by atoms with E-state index in [0.717, 1.165) is 17.1 Å². The van der Waals surface area contributed by atoms with Gasteiger partial charge in [0.1, 0.15) is 12.1 Å². The highest BCUT2D eigenvalue weighted by molar-refractivity contribution is 5.43. The van der Waals surface area contributed by atoms with Crippen molar-refractivity contribution in [3.8, 4) is 0 Å². The molecule has 0 N–H and O–H groups in total. The number of hydrogen-bond donors (Lipinski definition) is 0. The molecule has 0 unspecified atom stereocenters. The minimum atomic E-state index is -0.137. The molecule has 0 spiro atoms. The van der Waals surface area contributed by atoms with Crippen LogP contribution in [0, 0.1) is 5.82 Å². The van der Waals surface area contributed by atoms with Crippen molar-refractivity contribution in [3.63, 3.8) is 0 Å². The van der Waals surface area contributed by atoms with Gasteiger partial charge >= 0.3 is 0 Å². The first kappa shape index (κ1) is 9.33. The van der Waals surface area contributed by atoms with Crippen LogP contribution in [0.2, 0.25) is 0 Å². The van der Waals surface area contributed by atoms with Crippen LogP contribution in [0.4, 0.5) is 10.3 Å². The van der Waals surface area contributed by atoms with Gasteiger partial charge in [0.05, 0.1) is 0 Å². The fourth-order valence-electron chi connectivity index (χ4n) is 2.10. The summed E-state index contributed by atoms with van der Waals surface area (Å²) in [7, 11) is 1.83. The van der Waals surface area contributed by atoms with Crippen LogP contribution in [0.25, 0.3) is 0 Å². The molecule has 0 bridgehead atoms. The number of aryl methyl sites for hydroxylation is 1. The van der Waals surface area contributed by atoms with Crippen LogP contribution in [0.5, 0.6) is 0 Å². The molecular weight excluding hydrogens is 207 g/mol. The van der Waals surface area contributed by atoms with Crippen molar-refractivity contribution in [2.45, 2.75) is 13.1 Å². The number of hydrogen-bond acceptors (Lipinski definition) is 3. The molecule has 2 aromatic rings. The van der Waals surface area contributed by atoms with E-state index in [2.05, 4.69) is 10.1 Å². The average Bonchev–Trinajstić information content (AvgIpc) is 2.84. The molecule has 0 amide bonds. The van der Waals surface area contributed by atoms with Crippen molar-refractivity contribution in [2.75, 3.05) is 4.90 Å². The van der Waals surface area contributed by atoms with Crippen molar-refractivity contribution in [2.24, 2.45) is 7.05 Å². The zero-order chi connectivity index (χ0) is 11.1. The van der Waals surface area contributed by atoms with Crippen molar-refractivity contribution < 1.29 is 4.39 Å². The number of anilines is 1. The Hall–Kier alpha value is -1.91. The first-order chi connectivity index (χ1) is 7.75. The van der Waals surface area contributed by atoms with Gasteiger partial charge in [-0.2, -0.15) is 10.1 Å². The largest absolute Gasteiger partial charge is 0.332 e. The molecule has 0 aliphatic carbocycles. The predicted octanol–water partition coefficient (Wildman–Crippen LogP) is 1.47. The Kier molecular flexibility index (Phi) is 1.92. The lowest BCUT2D eigenvalue weighted by Gasteiger charge is -2.14. The third-order valence-electron chi connectivity index (χ3n) is 2.90. The number of aromatic nitrogens is 3. The maximum atomic E-state index is 13.5. The molecule has 0 atom stereocenters. The number of rotatable bonds is 1. The highest BCUT2D eigenvalue weighted by atomic mass is 19.1. The van der Waals surface area contributed by atoms with Crippen LogP contribution in [0.3, 0.4) is 0 Å². The van der Waals surface area contributed by atoms with E-state index < -0.39 is 0 Å². The molecule has 0 fully saturated rings. The van der Waals surface area contributed by atoms with Gasteiger partial charge in [0.25, 0.3) is 0 Å². The second-order valence-corrected chi connectivity index (χ2v) is 3.92. The summed E-state index contributed by atoms with van der Waals surface area (Å²) in [6.07, 6.45) is 1.51. The molecule has 82 valence electrons. The fraction of sp³-hybridized carbons (Fsp3) is 0.273. The predicted molar refractivity (Wildman–Crippen MR) is 57.3 cm³/mol. The summed E-state index contributed by atoms with van der Waals surface area (Å²) in [4.78, 5) is 6.18. The summed E-state index contributed by atoms with van der Waals surface area (Å²) in [5, 5.41) is 4.02. The zero-order valence-corrected chi connectivity index (χ0v) is 8.89. The highest BCUT2D eigenvalue weighted by Gasteiger charge is 2.24. The maximum Gasteiger partial charge on any atom is 0.224 e. The van der Waals surface area contributed by atoms with Gasteiger partial charge in [-0.3, -0.25) is 0 Å². The maximum absolute atomic E-state index is 13.5. The van der Waals surface area contributed by atoms with Gasteiger partial charge in [0, 0.05) is 25.7 Å². The van der Waals surface area contributed by atoms with Gasteiger partial charge in [-0.1, -0.05) is 12.1 Å². The highest BCUT2D eigenvalue weighted by Crippen LogP contribution is 2.27. The van der Waals surface area contributed by atoms with E-state index in [1.807, 2.05) is 18.0 Å². The third kappa shape index (κ3) is 1.28. The summed E-state index contributed by atoms with van der Waals surface area (Å²) in [6.45, 7) is 1.26. The minimum Gasteiger partial charge on any atom is -0.332 e. The second kappa shape index (κ2) is 3.30. The molecule has 1 aliphatic rings. The summed E-state index contributed by atoms with van der Waals surface area (Å²) < 4.78 is 15.2. The van der Waals surface area contributed by atoms with Crippen molar-refractivity contribution in [1.29, 1.82) is 0 Å². The minimum absolute atomic E-state index is 0.137. The van der Waals surface area contributed by atoms with Gasteiger partial charge in [-0.05, 0) is 11.6 Å². The number of halogens is 1. The molecule has 1 aliphatic heterocycles. The monoisotopic (exact) mass is 218 g/mol. The summed E-state index contributed by atoms with van der Waals surface area (Å²) in [5.41, 5.74) is 1.80. The number of fused-ring (bicyclic) bond motifs is 1. The Labute approximate surface area is 92.3 Å². The summed E-state index contributed by atoms with van der Waals surface area (Å²) in [6, 6.07) is 5.20. The lowest BCUT2D eigenvalue weighted by atomic mass is 10.1. The Balaban J connectivity index is 1.97. The Morgan fingerprint density at radius 1 is 1.31 bits per heavy atom. The molecule has 5 heteroatoms. The quantitative estimate of drug-likeness (QED) is 0.727. The number of nitrogens with zero attached hydrogens (tertiary/aromatic N) is 4. The van der Waals surface area contributed by atoms with Crippen LogP contribution in [0.15, 0.2) is 24.5 Å². The zero-order valence-electron chi connectivity index (χ0n) is 8.89. The lowest BCUT2D eigenvalue weighted by Crippen LogP contribution is -2.19. The van der Waals surface area contributed by atoms with Crippen LogP contribution >= 0.6 is 0 Å². The van der Waals surface area contributed by atoms with E-state index in [9.17, 15) is 4.39 Å². The smallest absolute Gasteiger partial charge is 0.224 e. The molecule has 16 heavy (non-hydrogen) atoms. The van der Waals surface area contributed by atoms with Gasteiger partial charge in [0.15, 0.2) is 0 Å². The molecule has 0 saturated heterocycles. The van der Waals surface area contributed by atoms with E-state index in [4.69, 9.17) is 0 Å². The van der Waals surface area contributed by atoms with Crippen molar-refractivity contribution in [1.82, 2.24) is 14.8 Å². The van der Waals surface area contributed by atoms with Crippen molar-refractivity contribution >= 4 is 5.95 Å². The standard InChI is InChI=1S/C11H11FN4/c1-15-11(13-7-14-15)16-5-8-3-2-4-10(12)9(8)6-16/h2-4,7H,5-6H2,1H3. The molecule has 1 aromatic carbocycles. The van der Waals surface area contributed by atoms with E-state index in [-0.39, 0.29) is 5.82 Å². The van der Waals surface area contributed by atoms with Crippen LogP contribution < -0.4 is 4.90 Å². The molecule has 4 nitrogen and oxygen atoms in total. The topological polar surface area (TPSA) is 34.0 Å². The molecule has 0 saturated carbocycles. The van der Waals surface area contributed by atoms with Gasteiger partial charge < -0.3 is 4.90 Å². The first-order valence-electron chi connectivity index (χ1n) is 5.11. The fourth-order valence-corrected chi connectivity index (χ4v) is 2.10. The Morgan fingerprint density at radius 3 is 2.88 bits per heavy atom. The molecular formula is C11H11FN4. The first-order valence-corrected chi connectivity index (χ1v) is 5.11. The Bertz CT molecular complexity index is 535. The van der Waals surface area contributed by atoms with Crippen molar-refractivity contribution in [3.05, 3.63) is 41.5 Å². The van der Waals surface area contributed by atoms with Gasteiger partial charge in [0.2, 0.25) is 5.95 Å². The summed E-state index contributed by atoms with van der Waals surface area (Å²) in [5.74, 6) is 0.637. The Morgan fingerprint density at radius 2 is 2.19 bits per heavy atom. The average molecular weight is 218 g/mol. The molecule has 0 radical (unpaired) electrons.